The molecule has 0 amide bonds. The van der Waals surface area contributed by atoms with Crippen molar-refractivity contribution in [3.8, 4) is 0 Å². The molecule has 3 heterocycles. The minimum atomic E-state index is 0.0229. The van der Waals surface area contributed by atoms with E-state index < -0.39 is 0 Å². The van der Waals surface area contributed by atoms with E-state index in [0.717, 1.165) is 42.2 Å². The van der Waals surface area contributed by atoms with E-state index in [1.165, 1.54) is 28.2 Å². The number of hydrogen-bond donors (Lipinski definition) is 0. The lowest BCUT2D eigenvalue weighted by Gasteiger charge is -2.33. The predicted molar refractivity (Wildman–Crippen MR) is 99.3 cm³/mol. The third-order valence-corrected chi connectivity index (χ3v) is 5.70. The summed E-state index contributed by atoms with van der Waals surface area (Å²) >= 11 is 1.53. The molecule has 5 heteroatoms. The molecular formula is C19H21N3OS. The van der Waals surface area contributed by atoms with Crippen LogP contribution in [0.25, 0.3) is 4.96 Å². The monoisotopic (exact) mass is 339 g/mol. The van der Waals surface area contributed by atoms with Crippen molar-refractivity contribution < 1.29 is 0 Å². The van der Waals surface area contributed by atoms with E-state index in [2.05, 4.69) is 30.0 Å². The van der Waals surface area contributed by atoms with Crippen molar-refractivity contribution in [1.29, 1.82) is 0 Å². The van der Waals surface area contributed by atoms with Crippen molar-refractivity contribution in [2.24, 2.45) is 0 Å². The molecule has 0 radical (unpaired) electrons. The number of anilines is 1. The fourth-order valence-corrected chi connectivity index (χ4v) is 4.54. The molecule has 2 aromatic heterocycles. The first kappa shape index (κ1) is 15.4. The van der Waals surface area contributed by atoms with E-state index in [0.29, 0.717) is 6.54 Å². The van der Waals surface area contributed by atoms with Crippen LogP contribution < -0.4 is 10.5 Å². The number of benzene rings is 1. The van der Waals surface area contributed by atoms with Crippen molar-refractivity contribution in [2.45, 2.75) is 39.7 Å². The number of nitrogens with zero attached hydrogens (tertiary/aromatic N) is 3. The molecule has 1 aliphatic rings. The van der Waals surface area contributed by atoms with E-state index >= 15 is 0 Å². The Morgan fingerprint density at radius 2 is 2.21 bits per heavy atom. The van der Waals surface area contributed by atoms with Crippen molar-refractivity contribution in [3.63, 3.8) is 0 Å². The molecule has 24 heavy (non-hydrogen) atoms. The number of para-hydroxylation sites is 1. The Morgan fingerprint density at radius 1 is 1.33 bits per heavy atom. The van der Waals surface area contributed by atoms with Gasteiger partial charge in [-0.05, 0) is 37.3 Å². The van der Waals surface area contributed by atoms with Gasteiger partial charge in [0, 0.05) is 29.4 Å². The van der Waals surface area contributed by atoms with Crippen molar-refractivity contribution in [2.75, 3.05) is 11.4 Å². The molecule has 0 bridgehead atoms. The van der Waals surface area contributed by atoms with Gasteiger partial charge in [-0.15, -0.1) is 11.3 Å². The highest BCUT2D eigenvalue weighted by Gasteiger charge is 2.20. The molecule has 0 aliphatic carbocycles. The number of aromatic nitrogens is 2. The van der Waals surface area contributed by atoms with Gasteiger partial charge in [-0.3, -0.25) is 9.20 Å². The topological polar surface area (TPSA) is 37.6 Å². The lowest BCUT2D eigenvalue weighted by atomic mass is 9.96. The maximum absolute atomic E-state index is 12.4. The predicted octanol–water partition coefficient (Wildman–Crippen LogP) is 3.58. The van der Waals surface area contributed by atoms with Gasteiger partial charge in [-0.1, -0.05) is 25.1 Å². The van der Waals surface area contributed by atoms with Crippen molar-refractivity contribution >= 4 is 22.0 Å². The fraction of sp³-hybridized carbons (Fsp3) is 0.368. The van der Waals surface area contributed by atoms with Crippen molar-refractivity contribution in [3.05, 3.63) is 62.5 Å². The summed E-state index contributed by atoms with van der Waals surface area (Å²) < 4.78 is 1.69. The van der Waals surface area contributed by atoms with Gasteiger partial charge in [0.05, 0.1) is 12.2 Å². The second-order valence-electron chi connectivity index (χ2n) is 6.38. The maximum Gasteiger partial charge on any atom is 0.259 e. The average molecular weight is 339 g/mol. The van der Waals surface area contributed by atoms with Crippen molar-refractivity contribution in [1.82, 2.24) is 9.38 Å². The Bertz CT molecular complexity index is 943. The van der Waals surface area contributed by atoms with Gasteiger partial charge < -0.3 is 4.90 Å². The molecule has 1 aliphatic heterocycles. The van der Waals surface area contributed by atoms with Crippen LogP contribution in [0.5, 0.6) is 0 Å². The molecule has 0 saturated carbocycles. The van der Waals surface area contributed by atoms with Gasteiger partial charge in [0.1, 0.15) is 0 Å². The van der Waals surface area contributed by atoms with Crippen LogP contribution in [0, 0.1) is 6.92 Å². The second kappa shape index (κ2) is 6.06. The standard InChI is InChI=1S/C19H21N3OS/c1-3-14-6-4-7-15-8-5-9-21(18(14)15)11-16-10-17(23)22-13(2)12-24-19(22)20-16/h4,6-7,10,12H,3,5,8-9,11H2,1-2H3. The third-order valence-electron chi connectivity index (χ3n) is 4.76. The quantitative estimate of drug-likeness (QED) is 0.732. The Kier molecular flexibility index (Phi) is 3.88. The normalized spacial score (nSPS) is 14.2. The number of rotatable bonds is 3. The maximum atomic E-state index is 12.4. The van der Waals surface area contributed by atoms with Crippen LogP contribution in [-0.2, 0) is 19.4 Å². The third kappa shape index (κ3) is 2.53. The molecule has 0 saturated heterocycles. The molecular weight excluding hydrogens is 318 g/mol. The lowest BCUT2D eigenvalue weighted by Crippen LogP contribution is -2.31. The van der Waals surface area contributed by atoms with E-state index in [9.17, 15) is 4.79 Å². The summed E-state index contributed by atoms with van der Waals surface area (Å²) in [5.74, 6) is 0. The molecule has 0 N–H and O–H groups in total. The summed E-state index contributed by atoms with van der Waals surface area (Å²) in [6.45, 7) is 5.87. The van der Waals surface area contributed by atoms with Crippen LogP contribution in [0.3, 0.4) is 0 Å². The van der Waals surface area contributed by atoms with Gasteiger partial charge in [0.2, 0.25) is 0 Å². The molecule has 4 nitrogen and oxygen atoms in total. The molecule has 0 unspecified atom stereocenters. The smallest absolute Gasteiger partial charge is 0.259 e. The van der Waals surface area contributed by atoms with Gasteiger partial charge >= 0.3 is 0 Å². The molecule has 0 atom stereocenters. The molecule has 4 rings (SSSR count). The number of thiazole rings is 1. The van der Waals surface area contributed by atoms with Crippen LogP contribution >= 0.6 is 11.3 Å². The highest BCUT2D eigenvalue weighted by Crippen LogP contribution is 2.32. The summed E-state index contributed by atoms with van der Waals surface area (Å²) in [7, 11) is 0. The first-order valence-electron chi connectivity index (χ1n) is 8.50. The summed E-state index contributed by atoms with van der Waals surface area (Å²) in [5, 5.41) is 1.99. The SMILES string of the molecule is CCc1cccc2c1N(Cc1cc(=O)n3c(C)csc3n1)CCC2. The molecule has 3 aromatic rings. The van der Waals surface area contributed by atoms with Crippen LogP contribution in [-0.4, -0.2) is 15.9 Å². The zero-order valence-electron chi connectivity index (χ0n) is 14.1. The summed E-state index contributed by atoms with van der Waals surface area (Å²) in [5.41, 5.74) is 6.00. The zero-order valence-corrected chi connectivity index (χ0v) is 14.9. The van der Waals surface area contributed by atoms with Crippen LogP contribution in [0.15, 0.2) is 34.4 Å². The van der Waals surface area contributed by atoms with E-state index in [-0.39, 0.29) is 5.56 Å². The summed E-state index contributed by atoms with van der Waals surface area (Å²) in [6, 6.07) is 8.29. The summed E-state index contributed by atoms with van der Waals surface area (Å²) in [6.07, 6.45) is 3.32. The second-order valence-corrected chi connectivity index (χ2v) is 7.22. The highest BCUT2D eigenvalue weighted by atomic mass is 32.1. The molecule has 0 fully saturated rings. The lowest BCUT2D eigenvalue weighted by molar-refractivity contribution is 0.678. The fourth-order valence-electron chi connectivity index (χ4n) is 3.65. The van der Waals surface area contributed by atoms with Crippen LogP contribution in [0.1, 0.15) is 35.9 Å². The number of aryl methyl sites for hydroxylation is 3. The number of hydrogen-bond acceptors (Lipinski definition) is 4. The van der Waals surface area contributed by atoms with E-state index in [1.54, 1.807) is 10.5 Å². The molecule has 1 aromatic carbocycles. The number of fused-ring (bicyclic) bond motifs is 2. The van der Waals surface area contributed by atoms with Crippen LogP contribution in [0.4, 0.5) is 5.69 Å². The minimum absolute atomic E-state index is 0.0229. The Labute approximate surface area is 145 Å². The Balaban J connectivity index is 1.74. The largest absolute Gasteiger partial charge is 0.365 e. The first-order valence-corrected chi connectivity index (χ1v) is 9.38. The highest BCUT2D eigenvalue weighted by molar-refractivity contribution is 7.15. The van der Waals surface area contributed by atoms with E-state index in [4.69, 9.17) is 4.98 Å². The zero-order chi connectivity index (χ0) is 16.7. The van der Waals surface area contributed by atoms with E-state index in [1.807, 2.05) is 12.3 Å². The summed E-state index contributed by atoms with van der Waals surface area (Å²) in [4.78, 5) is 20.3. The van der Waals surface area contributed by atoms with Gasteiger partial charge in [-0.25, -0.2) is 4.98 Å². The molecule has 0 spiro atoms. The Hall–Kier alpha value is -2.14. The average Bonchev–Trinajstić information content (AvgIpc) is 2.96. The van der Waals surface area contributed by atoms with Crippen LogP contribution in [0.2, 0.25) is 0 Å². The first-order chi connectivity index (χ1) is 11.7. The Morgan fingerprint density at radius 3 is 3.04 bits per heavy atom. The minimum Gasteiger partial charge on any atom is -0.365 e. The van der Waals surface area contributed by atoms with Gasteiger partial charge in [-0.2, -0.15) is 0 Å². The van der Waals surface area contributed by atoms with Gasteiger partial charge in [0.25, 0.3) is 5.56 Å². The molecule has 124 valence electrons. The van der Waals surface area contributed by atoms with Gasteiger partial charge in [0.15, 0.2) is 4.96 Å².